The molecule has 0 radical (unpaired) electrons. The maximum Gasteiger partial charge on any atom is 0.0195 e. The van der Waals surface area contributed by atoms with Crippen molar-refractivity contribution >= 4 is 11.8 Å². The lowest BCUT2D eigenvalue weighted by Gasteiger charge is -2.42. The van der Waals surface area contributed by atoms with Gasteiger partial charge in [-0.05, 0) is 31.9 Å². The average molecular weight is 256 g/mol. The van der Waals surface area contributed by atoms with E-state index in [0.717, 1.165) is 17.3 Å². The van der Waals surface area contributed by atoms with Crippen LogP contribution in [0.25, 0.3) is 0 Å². The second-order valence-electron chi connectivity index (χ2n) is 5.61. The van der Waals surface area contributed by atoms with Crippen molar-refractivity contribution < 1.29 is 0 Å². The average Bonchev–Trinajstić information content (AvgIpc) is 2.40. The van der Waals surface area contributed by atoms with Crippen molar-refractivity contribution in [1.82, 2.24) is 10.2 Å². The Balaban J connectivity index is 1.83. The van der Waals surface area contributed by atoms with E-state index in [0.29, 0.717) is 0 Å². The fourth-order valence-corrected chi connectivity index (χ4v) is 4.21. The van der Waals surface area contributed by atoms with Crippen LogP contribution in [0.2, 0.25) is 0 Å². The Kier molecular flexibility index (Phi) is 5.64. The highest BCUT2D eigenvalue weighted by molar-refractivity contribution is 7.99. The normalized spacial score (nSPS) is 36.0. The molecule has 0 aromatic rings. The lowest BCUT2D eigenvalue weighted by atomic mass is 9.92. The first-order valence-electron chi connectivity index (χ1n) is 7.33. The molecule has 1 aliphatic heterocycles. The first-order valence-corrected chi connectivity index (χ1v) is 8.62. The molecule has 2 nitrogen and oxygen atoms in total. The predicted octanol–water partition coefficient (Wildman–Crippen LogP) is 2.73. The molecule has 1 heterocycles. The zero-order valence-electron chi connectivity index (χ0n) is 11.5. The Labute approximate surface area is 111 Å². The van der Waals surface area contributed by atoms with Crippen LogP contribution in [0.1, 0.15) is 45.4 Å². The maximum atomic E-state index is 3.67. The maximum absolute atomic E-state index is 3.67. The van der Waals surface area contributed by atoms with Gasteiger partial charge in [0.05, 0.1) is 0 Å². The topological polar surface area (TPSA) is 15.3 Å². The zero-order valence-corrected chi connectivity index (χ0v) is 12.3. The van der Waals surface area contributed by atoms with Crippen LogP contribution in [0.4, 0.5) is 0 Å². The van der Waals surface area contributed by atoms with E-state index < -0.39 is 0 Å². The van der Waals surface area contributed by atoms with Gasteiger partial charge in [0.1, 0.15) is 0 Å². The Morgan fingerprint density at radius 1 is 1.35 bits per heavy atom. The summed E-state index contributed by atoms with van der Waals surface area (Å²) in [5.74, 6) is 0. The van der Waals surface area contributed by atoms with Crippen LogP contribution in [0.3, 0.4) is 0 Å². The number of nitrogens with zero attached hydrogens (tertiary/aromatic N) is 1. The highest BCUT2D eigenvalue weighted by Gasteiger charge is 2.29. The molecule has 0 bridgehead atoms. The molecule has 1 N–H and O–H groups in total. The minimum Gasteiger partial charge on any atom is -0.311 e. The van der Waals surface area contributed by atoms with E-state index >= 15 is 0 Å². The van der Waals surface area contributed by atoms with Crippen molar-refractivity contribution in [3.05, 3.63) is 0 Å². The minimum absolute atomic E-state index is 0.753. The third-order valence-corrected chi connectivity index (χ3v) is 5.47. The molecule has 1 saturated carbocycles. The summed E-state index contributed by atoms with van der Waals surface area (Å²) in [6.07, 6.45) is 10.7. The molecule has 1 aliphatic carbocycles. The molecule has 2 fully saturated rings. The third-order valence-electron chi connectivity index (χ3n) is 4.37. The van der Waals surface area contributed by atoms with Crippen LogP contribution in [-0.2, 0) is 0 Å². The molecule has 2 aliphatic rings. The van der Waals surface area contributed by atoms with Crippen molar-refractivity contribution in [3.63, 3.8) is 0 Å². The van der Waals surface area contributed by atoms with Crippen LogP contribution in [0.5, 0.6) is 0 Å². The van der Waals surface area contributed by atoms with Gasteiger partial charge < -0.3 is 5.32 Å². The summed E-state index contributed by atoms with van der Waals surface area (Å²) in [7, 11) is 0. The molecular formula is C14H28N2S. The summed E-state index contributed by atoms with van der Waals surface area (Å²) < 4.78 is 0. The number of piperazine rings is 1. The second-order valence-corrected chi connectivity index (χ2v) is 6.75. The Morgan fingerprint density at radius 3 is 3.00 bits per heavy atom. The fraction of sp³-hybridized carbons (Fsp3) is 1.00. The number of rotatable bonds is 4. The van der Waals surface area contributed by atoms with Crippen LogP contribution >= 0.6 is 11.8 Å². The van der Waals surface area contributed by atoms with E-state index in [9.17, 15) is 0 Å². The molecule has 3 atom stereocenters. The van der Waals surface area contributed by atoms with Crippen molar-refractivity contribution in [3.8, 4) is 0 Å². The van der Waals surface area contributed by atoms with Gasteiger partial charge in [-0.1, -0.05) is 19.8 Å². The molecule has 17 heavy (non-hydrogen) atoms. The van der Waals surface area contributed by atoms with Gasteiger partial charge in [-0.25, -0.2) is 0 Å². The summed E-state index contributed by atoms with van der Waals surface area (Å²) in [6.45, 7) is 6.06. The van der Waals surface area contributed by atoms with Crippen LogP contribution < -0.4 is 5.32 Å². The lowest BCUT2D eigenvalue weighted by molar-refractivity contribution is 0.114. The van der Waals surface area contributed by atoms with Crippen LogP contribution in [0.15, 0.2) is 0 Å². The molecule has 100 valence electrons. The zero-order chi connectivity index (χ0) is 12.1. The van der Waals surface area contributed by atoms with E-state index in [1.165, 1.54) is 58.2 Å². The molecular weight excluding hydrogens is 228 g/mol. The van der Waals surface area contributed by atoms with Gasteiger partial charge in [-0.15, -0.1) is 0 Å². The predicted molar refractivity (Wildman–Crippen MR) is 77.8 cm³/mol. The number of hydrogen-bond acceptors (Lipinski definition) is 3. The molecule has 3 unspecified atom stereocenters. The molecule has 2 rings (SSSR count). The standard InChI is InChI=1S/C14H28N2S/c1-3-5-12-11-16(9-8-15-12)13-6-4-7-14(10-13)17-2/h12-15H,3-11H2,1-2H3. The van der Waals surface area contributed by atoms with Crippen LogP contribution in [-0.4, -0.2) is 48.1 Å². The lowest BCUT2D eigenvalue weighted by Crippen LogP contribution is -2.54. The van der Waals surface area contributed by atoms with Gasteiger partial charge in [0.2, 0.25) is 0 Å². The summed E-state index contributed by atoms with van der Waals surface area (Å²) in [4.78, 5) is 2.78. The highest BCUT2D eigenvalue weighted by Crippen LogP contribution is 2.30. The van der Waals surface area contributed by atoms with Crippen molar-refractivity contribution in [2.45, 2.75) is 62.8 Å². The van der Waals surface area contributed by atoms with E-state index in [1.807, 2.05) is 0 Å². The van der Waals surface area contributed by atoms with E-state index in [-0.39, 0.29) is 0 Å². The Morgan fingerprint density at radius 2 is 2.24 bits per heavy atom. The Hall–Kier alpha value is 0.270. The van der Waals surface area contributed by atoms with E-state index in [4.69, 9.17) is 0 Å². The molecule has 0 amide bonds. The van der Waals surface area contributed by atoms with Crippen molar-refractivity contribution in [2.75, 3.05) is 25.9 Å². The first kappa shape index (κ1) is 13.7. The first-order chi connectivity index (χ1) is 8.33. The minimum atomic E-state index is 0.753. The highest BCUT2D eigenvalue weighted by atomic mass is 32.2. The molecule has 0 spiro atoms. The molecule has 1 saturated heterocycles. The summed E-state index contributed by atoms with van der Waals surface area (Å²) in [5, 5.41) is 4.59. The number of nitrogens with one attached hydrogen (secondary N) is 1. The van der Waals surface area contributed by atoms with Gasteiger partial charge >= 0.3 is 0 Å². The molecule has 3 heteroatoms. The number of hydrogen-bond donors (Lipinski definition) is 1. The molecule has 0 aromatic heterocycles. The SMILES string of the molecule is CCCC1CN(C2CCCC(SC)C2)CCN1. The van der Waals surface area contributed by atoms with Crippen molar-refractivity contribution in [2.24, 2.45) is 0 Å². The summed E-state index contributed by atoms with van der Waals surface area (Å²) in [6, 6.07) is 1.63. The van der Waals surface area contributed by atoms with E-state index in [2.05, 4.69) is 35.2 Å². The monoisotopic (exact) mass is 256 g/mol. The summed E-state index contributed by atoms with van der Waals surface area (Å²) >= 11 is 2.08. The molecule has 0 aromatic carbocycles. The van der Waals surface area contributed by atoms with Gasteiger partial charge in [0.15, 0.2) is 0 Å². The Bertz CT molecular complexity index is 220. The van der Waals surface area contributed by atoms with Gasteiger partial charge in [0, 0.05) is 37.0 Å². The largest absolute Gasteiger partial charge is 0.311 e. The smallest absolute Gasteiger partial charge is 0.0195 e. The van der Waals surface area contributed by atoms with Crippen molar-refractivity contribution in [1.29, 1.82) is 0 Å². The number of thioether (sulfide) groups is 1. The second kappa shape index (κ2) is 7.01. The van der Waals surface area contributed by atoms with Gasteiger partial charge in [-0.2, -0.15) is 11.8 Å². The van der Waals surface area contributed by atoms with Gasteiger partial charge in [-0.3, -0.25) is 4.90 Å². The van der Waals surface area contributed by atoms with E-state index in [1.54, 1.807) is 0 Å². The summed E-state index contributed by atoms with van der Waals surface area (Å²) in [5.41, 5.74) is 0. The van der Waals surface area contributed by atoms with Crippen LogP contribution in [0, 0.1) is 0 Å². The quantitative estimate of drug-likeness (QED) is 0.832. The fourth-order valence-electron chi connectivity index (χ4n) is 3.39. The third kappa shape index (κ3) is 3.87. The van der Waals surface area contributed by atoms with Gasteiger partial charge in [0.25, 0.3) is 0 Å².